The predicted molar refractivity (Wildman–Crippen MR) is 91.0 cm³/mol. The highest BCUT2D eigenvalue weighted by molar-refractivity contribution is 7.08. The number of fused-ring (bicyclic) bond motifs is 1. The minimum atomic E-state index is -0.881. The first-order valence-electron chi connectivity index (χ1n) is 8.03. The first-order valence-corrected chi connectivity index (χ1v) is 8.97. The van der Waals surface area contributed by atoms with Crippen LogP contribution in [0.1, 0.15) is 17.0 Å². The number of amides is 1. The van der Waals surface area contributed by atoms with Crippen LogP contribution in [-0.2, 0) is 16.0 Å². The Labute approximate surface area is 148 Å². The molecule has 1 N–H and O–H groups in total. The van der Waals surface area contributed by atoms with Crippen LogP contribution in [0.2, 0.25) is 0 Å². The van der Waals surface area contributed by atoms with Crippen molar-refractivity contribution in [2.24, 2.45) is 5.92 Å². The Balaban J connectivity index is 1.54. The number of hydrogen-bond donors (Lipinski definition) is 1. The fraction of sp³-hybridized carbons (Fsp3) is 0.333. The average Bonchev–Trinajstić information content (AvgIpc) is 3.33. The summed E-state index contributed by atoms with van der Waals surface area (Å²) in [4.78, 5) is 25.9. The topological polar surface area (TPSA) is 76.1 Å². The SMILES string of the molecule is O=C(O)[C@@H]1CN(C(=O)Cc2ccsc2)C[C@H]1c1ccc2c(c1)OCO2. The van der Waals surface area contributed by atoms with Gasteiger partial charge < -0.3 is 19.5 Å². The van der Waals surface area contributed by atoms with Gasteiger partial charge in [0.1, 0.15) is 0 Å². The second-order valence-corrected chi connectivity index (χ2v) is 7.05. The van der Waals surface area contributed by atoms with Crippen LogP contribution < -0.4 is 9.47 Å². The number of nitrogens with zero attached hydrogens (tertiary/aromatic N) is 1. The van der Waals surface area contributed by atoms with Gasteiger partial charge in [0.2, 0.25) is 12.7 Å². The standard InChI is InChI=1S/C18H17NO5S/c20-17(5-11-3-4-25-9-11)19-7-13(14(8-19)18(21)22)12-1-2-15-16(6-12)24-10-23-15/h1-4,6,9,13-14H,5,7-8,10H2,(H,21,22)/t13-,14+/m0/s1. The number of rotatable bonds is 4. The van der Waals surface area contributed by atoms with Crippen molar-refractivity contribution in [3.8, 4) is 11.5 Å². The van der Waals surface area contributed by atoms with E-state index >= 15 is 0 Å². The van der Waals surface area contributed by atoms with Crippen molar-refractivity contribution >= 4 is 23.2 Å². The molecule has 1 fully saturated rings. The molecule has 2 aliphatic heterocycles. The number of aliphatic carboxylic acids is 1. The van der Waals surface area contributed by atoms with Crippen LogP contribution in [0.15, 0.2) is 35.0 Å². The first-order chi connectivity index (χ1) is 12.1. The van der Waals surface area contributed by atoms with Crippen molar-refractivity contribution in [1.82, 2.24) is 4.90 Å². The zero-order valence-electron chi connectivity index (χ0n) is 13.4. The maximum absolute atomic E-state index is 12.5. The van der Waals surface area contributed by atoms with Gasteiger partial charge in [-0.25, -0.2) is 0 Å². The molecule has 25 heavy (non-hydrogen) atoms. The number of benzene rings is 1. The summed E-state index contributed by atoms with van der Waals surface area (Å²) in [5.74, 6) is -0.490. The smallest absolute Gasteiger partial charge is 0.308 e. The lowest BCUT2D eigenvalue weighted by Crippen LogP contribution is -2.31. The van der Waals surface area contributed by atoms with Crippen LogP contribution in [0.5, 0.6) is 11.5 Å². The first kappa shape index (κ1) is 16.0. The molecule has 1 saturated heterocycles. The molecule has 0 spiro atoms. The lowest BCUT2D eigenvalue weighted by Gasteiger charge is -2.16. The Morgan fingerprint density at radius 3 is 2.80 bits per heavy atom. The molecule has 1 aromatic carbocycles. The summed E-state index contributed by atoms with van der Waals surface area (Å²) in [6.45, 7) is 0.814. The maximum Gasteiger partial charge on any atom is 0.308 e. The molecular weight excluding hydrogens is 342 g/mol. The molecule has 6 nitrogen and oxygen atoms in total. The predicted octanol–water partition coefficient (Wildman–Crippen LogP) is 2.35. The van der Waals surface area contributed by atoms with E-state index in [-0.39, 0.29) is 25.2 Å². The van der Waals surface area contributed by atoms with Crippen molar-refractivity contribution in [2.45, 2.75) is 12.3 Å². The summed E-state index contributed by atoms with van der Waals surface area (Å²) < 4.78 is 10.7. The van der Waals surface area contributed by atoms with Gasteiger partial charge in [-0.2, -0.15) is 11.3 Å². The number of carboxylic acid groups (broad SMARTS) is 1. The fourth-order valence-corrected chi connectivity index (χ4v) is 4.09. The van der Waals surface area contributed by atoms with E-state index < -0.39 is 11.9 Å². The normalized spacial score (nSPS) is 21.5. The van der Waals surface area contributed by atoms with Crippen molar-refractivity contribution < 1.29 is 24.2 Å². The van der Waals surface area contributed by atoms with E-state index in [1.54, 1.807) is 22.3 Å². The van der Waals surface area contributed by atoms with Gasteiger partial charge in [-0.1, -0.05) is 6.07 Å². The zero-order valence-corrected chi connectivity index (χ0v) is 14.2. The minimum absolute atomic E-state index is 0.0344. The largest absolute Gasteiger partial charge is 0.481 e. The molecule has 2 atom stereocenters. The van der Waals surface area contributed by atoms with Crippen molar-refractivity contribution in [3.05, 3.63) is 46.2 Å². The summed E-state index contributed by atoms with van der Waals surface area (Å²) in [7, 11) is 0. The Morgan fingerprint density at radius 2 is 2.04 bits per heavy atom. The van der Waals surface area contributed by atoms with Gasteiger partial charge >= 0.3 is 5.97 Å². The number of likely N-dealkylation sites (tertiary alicyclic amines) is 1. The van der Waals surface area contributed by atoms with E-state index in [1.165, 1.54) is 0 Å². The third-order valence-electron chi connectivity index (χ3n) is 4.75. The molecule has 1 aromatic heterocycles. The molecule has 1 amide bonds. The van der Waals surface area contributed by atoms with E-state index in [2.05, 4.69) is 0 Å². The van der Waals surface area contributed by atoms with E-state index in [0.29, 0.717) is 24.5 Å². The van der Waals surface area contributed by atoms with Gasteiger partial charge in [0.15, 0.2) is 11.5 Å². The lowest BCUT2D eigenvalue weighted by atomic mass is 9.89. The zero-order chi connectivity index (χ0) is 17.4. The van der Waals surface area contributed by atoms with Crippen LogP contribution in [-0.4, -0.2) is 41.8 Å². The molecule has 0 radical (unpaired) electrons. The molecular formula is C18H17NO5S. The highest BCUT2D eigenvalue weighted by Crippen LogP contribution is 2.39. The van der Waals surface area contributed by atoms with E-state index in [0.717, 1.165) is 11.1 Å². The number of carbonyl (C=O) groups is 2. The average molecular weight is 359 g/mol. The number of ether oxygens (including phenoxy) is 2. The number of thiophene rings is 1. The third kappa shape index (κ3) is 3.07. The molecule has 0 saturated carbocycles. The second-order valence-electron chi connectivity index (χ2n) is 6.27. The molecule has 4 rings (SSSR count). The van der Waals surface area contributed by atoms with Crippen molar-refractivity contribution in [3.63, 3.8) is 0 Å². The van der Waals surface area contributed by atoms with Gasteiger partial charge in [0.05, 0.1) is 12.3 Å². The second kappa shape index (κ2) is 6.40. The van der Waals surface area contributed by atoms with Crippen LogP contribution in [0, 0.1) is 5.92 Å². The summed E-state index contributed by atoms with van der Waals surface area (Å²) >= 11 is 1.55. The van der Waals surface area contributed by atoms with Crippen molar-refractivity contribution in [2.75, 3.05) is 19.9 Å². The highest BCUT2D eigenvalue weighted by Gasteiger charge is 2.40. The molecule has 0 aliphatic carbocycles. The molecule has 130 valence electrons. The van der Waals surface area contributed by atoms with Crippen LogP contribution in [0.3, 0.4) is 0 Å². The maximum atomic E-state index is 12.5. The fourth-order valence-electron chi connectivity index (χ4n) is 3.42. The van der Waals surface area contributed by atoms with Crippen LogP contribution in [0.4, 0.5) is 0 Å². The minimum Gasteiger partial charge on any atom is -0.481 e. The molecule has 3 heterocycles. The van der Waals surface area contributed by atoms with E-state index in [4.69, 9.17) is 9.47 Å². The molecule has 2 aliphatic rings. The number of hydrogen-bond acceptors (Lipinski definition) is 5. The van der Waals surface area contributed by atoms with Gasteiger partial charge in [-0.3, -0.25) is 9.59 Å². The van der Waals surface area contributed by atoms with Gasteiger partial charge in [0, 0.05) is 19.0 Å². The molecule has 2 aromatic rings. The molecule has 0 unspecified atom stereocenters. The van der Waals surface area contributed by atoms with Crippen molar-refractivity contribution in [1.29, 1.82) is 0 Å². The Kier molecular flexibility index (Phi) is 4.09. The van der Waals surface area contributed by atoms with Gasteiger partial charge in [-0.05, 0) is 40.1 Å². The molecule has 0 bridgehead atoms. The Bertz CT molecular complexity index is 804. The highest BCUT2D eigenvalue weighted by atomic mass is 32.1. The summed E-state index contributed by atoms with van der Waals surface area (Å²) in [6.07, 6.45) is 0.309. The summed E-state index contributed by atoms with van der Waals surface area (Å²) in [5.41, 5.74) is 1.83. The lowest BCUT2D eigenvalue weighted by molar-refractivity contribution is -0.141. The van der Waals surface area contributed by atoms with E-state index in [9.17, 15) is 14.7 Å². The monoisotopic (exact) mass is 359 g/mol. The van der Waals surface area contributed by atoms with Crippen LogP contribution >= 0.6 is 11.3 Å². The number of carboxylic acids is 1. The third-order valence-corrected chi connectivity index (χ3v) is 5.48. The molecule has 7 heteroatoms. The summed E-state index contributed by atoms with van der Waals surface area (Å²) in [5, 5.41) is 13.5. The van der Waals surface area contributed by atoms with Gasteiger partial charge in [-0.15, -0.1) is 0 Å². The van der Waals surface area contributed by atoms with Crippen LogP contribution in [0.25, 0.3) is 0 Å². The quantitative estimate of drug-likeness (QED) is 0.907. The number of carbonyl (C=O) groups excluding carboxylic acids is 1. The van der Waals surface area contributed by atoms with E-state index in [1.807, 2.05) is 29.0 Å². The Morgan fingerprint density at radius 1 is 1.20 bits per heavy atom. The van der Waals surface area contributed by atoms with Gasteiger partial charge in [0.25, 0.3) is 0 Å². The summed E-state index contributed by atoms with van der Waals surface area (Å²) in [6, 6.07) is 7.41. The Hall–Kier alpha value is -2.54.